The molecule has 0 fully saturated rings. The third kappa shape index (κ3) is 6.17. The summed E-state index contributed by atoms with van der Waals surface area (Å²) in [7, 11) is -0.868. The number of alkyl halides is 3. The van der Waals surface area contributed by atoms with E-state index in [1.54, 1.807) is 12.3 Å². The molecule has 3 rings (SSSR count). The summed E-state index contributed by atoms with van der Waals surface area (Å²) in [6, 6.07) is 9.83. The predicted molar refractivity (Wildman–Crippen MR) is 116 cm³/mol. The number of ether oxygens (including phenoxy) is 1. The van der Waals surface area contributed by atoms with Gasteiger partial charge in [-0.05, 0) is 60.1 Å². The van der Waals surface area contributed by atoms with Crippen LogP contribution in [0.2, 0.25) is 0 Å². The number of allylic oxidation sites excluding steroid dienone is 1. The first kappa shape index (κ1) is 23.5. The number of primary amides is 1. The first-order valence-electron chi connectivity index (χ1n) is 9.03. The highest BCUT2D eigenvalue weighted by molar-refractivity contribution is 8.03. The molecule has 0 radical (unpaired) electrons. The summed E-state index contributed by atoms with van der Waals surface area (Å²) in [5.74, 6) is -1.75. The molecular weight excluding hydrogens is 461 g/mol. The van der Waals surface area contributed by atoms with Gasteiger partial charge in [-0.2, -0.15) is 10.3 Å². The van der Waals surface area contributed by atoms with Gasteiger partial charge in [-0.25, -0.2) is 4.79 Å². The van der Waals surface area contributed by atoms with Gasteiger partial charge in [0.2, 0.25) is 0 Å². The van der Waals surface area contributed by atoms with Crippen LogP contribution in [0.15, 0.2) is 63.0 Å². The molecule has 1 aliphatic rings. The Morgan fingerprint density at radius 2 is 1.94 bits per heavy atom. The Bertz CT molecular complexity index is 1230. The maximum absolute atomic E-state index is 13.1. The number of hydrogen-bond acceptors (Lipinski definition) is 6. The van der Waals surface area contributed by atoms with Gasteiger partial charge in [0.05, 0.1) is 34.1 Å². The number of nitrogens with two attached hydrogens (primary N) is 1. The van der Waals surface area contributed by atoms with Crippen molar-refractivity contribution >= 4 is 39.6 Å². The van der Waals surface area contributed by atoms with Gasteiger partial charge in [-0.3, -0.25) is 9.79 Å². The summed E-state index contributed by atoms with van der Waals surface area (Å²) in [4.78, 5) is 28.9. The van der Waals surface area contributed by atoms with Crippen LogP contribution in [0.3, 0.4) is 0 Å². The lowest BCUT2D eigenvalue weighted by atomic mass is 10.1. The molecule has 3 amide bonds. The number of benzene rings is 2. The molecule has 170 valence electrons. The first-order valence-corrected chi connectivity index (χ1v) is 10.3. The van der Waals surface area contributed by atoms with Gasteiger partial charge < -0.3 is 15.8 Å². The second kappa shape index (κ2) is 9.53. The Morgan fingerprint density at radius 1 is 1.24 bits per heavy atom. The molecule has 0 spiro atoms. The lowest BCUT2D eigenvalue weighted by Crippen LogP contribution is -2.32. The average Bonchev–Trinajstić information content (AvgIpc) is 3.16. The van der Waals surface area contributed by atoms with Crippen molar-refractivity contribution in [2.24, 2.45) is 15.2 Å². The Balaban J connectivity index is 1.95. The monoisotopic (exact) mass is 476 g/mol. The number of nitriles is 1. The molecule has 1 aliphatic heterocycles. The smallest absolute Gasteiger partial charge is 0.406 e. The molecule has 2 aromatic rings. The van der Waals surface area contributed by atoms with Crippen LogP contribution in [-0.2, 0) is 10.7 Å². The Morgan fingerprint density at radius 3 is 2.48 bits per heavy atom. The van der Waals surface area contributed by atoms with Gasteiger partial charge in [0.15, 0.2) is 0 Å². The normalized spacial score (nSPS) is 15.0. The lowest BCUT2D eigenvalue weighted by Gasteiger charge is -2.19. The number of nitrogens with one attached hydrogen (secondary N) is 1. The first-order chi connectivity index (χ1) is 15.6. The molecular formula is C20H15F3N6O3S. The van der Waals surface area contributed by atoms with Gasteiger partial charge in [0.25, 0.3) is 5.91 Å². The van der Waals surface area contributed by atoms with E-state index >= 15 is 0 Å². The molecule has 1 heterocycles. The standard InChI is InChI=1S/C20H15F3N6O3S/c1-12-10-33(11-26-12)28-29(14-4-2-13(9-24)3-5-14)19(31)27-17-7-6-15(32-20(21,22)23)8-16(17)18(25)30/h2-8,10-11H,1H3,(H2,25,30)(H,27,31). The highest BCUT2D eigenvalue weighted by atomic mass is 32.2. The quantitative estimate of drug-likeness (QED) is 0.625. The molecule has 33 heavy (non-hydrogen) atoms. The molecule has 1 unspecified atom stereocenters. The number of anilines is 2. The van der Waals surface area contributed by atoms with Crippen LogP contribution in [0.25, 0.3) is 0 Å². The fourth-order valence-electron chi connectivity index (χ4n) is 2.59. The third-order valence-corrected chi connectivity index (χ3v) is 5.25. The van der Waals surface area contributed by atoms with E-state index < -0.39 is 40.3 Å². The van der Waals surface area contributed by atoms with Crippen molar-refractivity contribution in [1.82, 2.24) is 0 Å². The van der Waals surface area contributed by atoms with Gasteiger partial charge in [-0.1, -0.05) is 0 Å². The average molecular weight is 476 g/mol. The second-order valence-corrected chi connectivity index (χ2v) is 7.75. The van der Waals surface area contributed by atoms with Crippen LogP contribution in [0.4, 0.5) is 29.3 Å². The van der Waals surface area contributed by atoms with Crippen molar-refractivity contribution in [1.29, 1.82) is 5.26 Å². The van der Waals surface area contributed by atoms with E-state index in [0.29, 0.717) is 16.9 Å². The molecule has 0 bridgehead atoms. The number of amides is 3. The molecule has 0 aromatic heterocycles. The molecule has 0 saturated heterocycles. The second-order valence-electron chi connectivity index (χ2n) is 6.44. The minimum Gasteiger partial charge on any atom is -0.406 e. The van der Waals surface area contributed by atoms with Crippen LogP contribution in [0.5, 0.6) is 5.75 Å². The predicted octanol–water partition coefficient (Wildman–Crippen LogP) is 4.21. The summed E-state index contributed by atoms with van der Waals surface area (Å²) in [5, 5.41) is 14.1. The molecule has 3 N–H and O–H groups in total. The summed E-state index contributed by atoms with van der Waals surface area (Å²) in [5.41, 5.74) is 7.62. The third-order valence-electron chi connectivity index (χ3n) is 4.00. The molecule has 13 heteroatoms. The number of aliphatic imine (C=N–C) groups is 1. The zero-order chi connectivity index (χ0) is 24.2. The van der Waals surface area contributed by atoms with Crippen LogP contribution in [-0.4, -0.2) is 23.8 Å². The van der Waals surface area contributed by atoms with Crippen molar-refractivity contribution < 1.29 is 27.5 Å². The Hall–Kier alpha value is -4.18. The van der Waals surface area contributed by atoms with Crippen LogP contribution in [0.1, 0.15) is 22.8 Å². The van der Waals surface area contributed by atoms with Crippen LogP contribution in [0, 0.1) is 11.3 Å². The van der Waals surface area contributed by atoms with Crippen molar-refractivity contribution in [2.75, 3.05) is 10.3 Å². The maximum Gasteiger partial charge on any atom is 0.573 e. The number of carbonyl (C=O) groups is 2. The Kier molecular flexibility index (Phi) is 6.78. The number of hydrogen-bond donors (Lipinski definition) is 2. The zero-order valence-corrected chi connectivity index (χ0v) is 17.6. The highest BCUT2D eigenvalue weighted by Gasteiger charge is 2.31. The number of carbonyl (C=O) groups excluding carboxylic acids is 2. The van der Waals surface area contributed by atoms with Gasteiger partial charge >= 0.3 is 12.4 Å². The van der Waals surface area contributed by atoms with Crippen LogP contribution < -0.4 is 20.8 Å². The summed E-state index contributed by atoms with van der Waals surface area (Å²) < 4.78 is 45.6. The SMILES string of the molecule is CC1=C/S(=N/N(C(=O)Nc2ccc(OC(F)(F)F)cc2C(N)=O)c2ccc(C#N)cc2)C=N1. The van der Waals surface area contributed by atoms with Crippen LogP contribution >= 0.6 is 0 Å². The summed E-state index contributed by atoms with van der Waals surface area (Å²) >= 11 is 0. The number of urea groups is 1. The molecule has 9 nitrogen and oxygen atoms in total. The van der Waals surface area contributed by atoms with Crippen molar-refractivity contribution in [3.05, 3.63) is 64.7 Å². The van der Waals surface area contributed by atoms with E-state index in [9.17, 15) is 22.8 Å². The fourth-order valence-corrected chi connectivity index (χ4v) is 3.78. The van der Waals surface area contributed by atoms with Crippen molar-refractivity contribution in [2.45, 2.75) is 13.3 Å². The molecule has 0 saturated carbocycles. The van der Waals surface area contributed by atoms with Gasteiger partial charge in [-0.15, -0.1) is 17.6 Å². The largest absolute Gasteiger partial charge is 0.573 e. The summed E-state index contributed by atoms with van der Waals surface area (Å²) in [6.07, 6.45) is -4.97. The van der Waals surface area contributed by atoms with E-state index in [1.165, 1.54) is 29.8 Å². The number of nitrogens with zero attached hydrogens (tertiary/aromatic N) is 4. The number of halogens is 3. The topological polar surface area (TPSA) is 133 Å². The van der Waals surface area contributed by atoms with Gasteiger partial charge in [0, 0.05) is 11.1 Å². The van der Waals surface area contributed by atoms with Crippen molar-refractivity contribution in [3.63, 3.8) is 0 Å². The van der Waals surface area contributed by atoms with E-state index in [1.807, 2.05) is 6.07 Å². The minimum absolute atomic E-state index is 0.147. The van der Waals surface area contributed by atoms with E-state index in [4.69, 9.17) is 11.0 Å². The zero-order valence-electron chi connectivity index (χ0n) is 16.8. The lowest BCUT2D eigenvalue weighted by molar-refractivity contribution is -0.274. The fraction of sp³-hybridized carbons (Fsp3) is 0.100. The molecule has 2 aromatic carbocycles. The minimum atomic E-state index is -4.97. The molecule has 0 aliphatic carbocycles. The number of rotatable bonds is 5. The maximum atomic E-state index is 13.1. The van der Waals surface area contributed by atoms with Crippen molar-refractivity contribution in [3.8, 4) is 11.8 Å². The Labute approximate surface area is 188 Å². The van der Waals surface area contributed by atoms with E-state index in [-0.39, 0.29) is 5.69 Å². The van der Waals surface area contributed by atoms with Gasteiger partial charge in [0.1, 0.15) is 5.75 Å². The summed E-state index contributed by atoms with van der Waals surface area (Å²) in [6.45, 7) is 1.76. The highest BCUT2D eigenvalue weighted by Crippen LogP contribution is 2.28. The van der Waals surface area contributed by atoms with E-state index in [0.717, 1.165) is 23.2 Å². The molecule has 1 atom stereocenters. The van der Waals surface area contributed by atoms with E-state index in [2.05, 4.69) is 19.5 Å².